The summed E-state index contributed by atoms with van der Waals surface area (Å²) in [4.78, 5) is 23.8. The van der Waals surface area contributed by atoms with Gasteiger partial charge in [0.25, 0.3) is 0 Å². The summed E-state index contributed by atoms with van der Waals surface area (Å²) in [5.41, 5.74) is -0.776. The van der Waals surface area contributed by atoms with Gasteiger partial charge in [0.1, 0.15) is 0 Å². The molecular formula is C8H15N3O2. The molecule has 13 heavy (non-hydrogen) atoms. The van der Waals surface area contributed by atoms with Gasteiger partial charge in [-0.05, 0) is 6.42 Å². The Morgan fingerprint density at radius 2 is 2.00 bits per heavy atom. The topological polar surface area (TPSA) is 70.7 Å². The van der Waals surface area contributed by atoms with Crippen molar-refractivity contribution in [1.82, 2.24) is 14.8 Å². The fourth-order valence-corrected chi connectivity index (χ4v) is 1.22. The molecule has 5 heteroatoms. The molecule has 0 amide bonds. The summed E-state index contributed by atoms with van der Waals surface area (Å²) >= 11 is 0. The number of rotatable bonds is 5. The molecule has 0 saturated heterocycles. The maximum Gasteiger partial charge on any atom is 0.344 e. The van der Waals surface area contributed by atoms with Crippen LogP contribution in [0, 0.1) is 0 Å². The van der Waals surface area contributed by atoms with Crippen LogP contribution in [0.1, 0.15) is 32.6 Å². The van der Waals surface area contributed by atoms with E-state index in [0.29, 0.717) is 6.54 Å². The Balaban J connectivity index is 2.41. The van der Waals surface area contributed by atoms with Crippen molar-refractivity contribution < 1.29 is 0 Å². The Morgan fingerprint density at radius 3 is 2.54 bits per heavy atom. The van der Waals surface area contributed by atoms with E-state index in [1.54, 1.807) is 0 Å². The van der Waals surface area contributed by atoms with Gasteiger partial charge in [0.05, 0.1) is 0 Å². The summed E-state index contributed by atoms with van der Waals surface area (Å²) in [6.07, 6.45) is 4.36. The standard InChI is InChI=1S/C8H15N3O2/c1-2-3-4-5-6-11-8(13)9-7(12)10-11/h2-6H2,1H3,(H2,9,10,12,13). The minimum Gasteiger partial charge on any atom is -0.257 e. The molecule has 0 aliphatic heterocycles. The zero-order chi connectivity index (χ0) is 9.68. The van der Waals surface area contributed by atoms with Crippen LogP contribution in [0.2, 0.25) is 0 Å². The Labute approximate surface area is 75.8 Å². The quantitative estimate of drug-likeness (QED) is 0.653. The van der Waals surface area contributed by atoms with Gasteiger partial charge in [0, 0.05) is 6.54 Å². The maximum absolute atomic E-state index is 11.0. The van der Waals surface area contributed by atoms with Crippen molar-refractivity contribution >= 4 is 0 Å². The fourth-order valence-electron chi connectivity index (χ4n) is 1.22. The molecule has 1 heterocycles. The largest absolute Gasteiger partial charge is 0.344 e. The molecule has 1 aromatic rings. The van der Waals surface area contributed by atoms with Gasteiger partial charge in [-0.25, -0.2) is 19.4 Å². The molecule has 0 spiro atoms. The summed E-state index contributed by atoms with van der Waals surface area (Å²) in [6.45, 7) is 2.72. The van der Waals surface area contributed by atoms with E-state index in [2.05, 4.69) is 17.0 Å². The molecule has 0 aromatic carbocycles. The van der Waals surface area contributed by atoms with E-state index in [9.17, 15) is 9.59 Å². The van der Waals surface area contributed by atoms with Crippen LogP contribution >= 0.6 is 0 Å². The minimum absolute atomic E-state index is 0.346. The molecule has 0 atom stereocenters. The Kier molecular flexibility index (Phi) is 3.54. The van der Waals surface area contributed by atoms with Gasteiger partial charge >= 0.3 is 11.4 Å². The summed E-state index contributed by atoms with van der Waals surface area (Å²) in [6, 6.07) is 0. The molecule has 0 aliphatic carbocycles. The molecule has 0 radical (unpaired) electrons. The van der Waals surface area contributed by atoms with Crippen LogP contribution in [0.5, 0.6) is 0 Å². The van der Waals surface area contributed by atoms with Crippen LogP contribution in [-0.2, 0) is 6.54 Å². The van der Waals surface area contributed by atoms with Gasteiger partial charge in [-0.15, -0.1) is 0 Å². The number of aromatic amines is 2. The second-order valence-electron chi connectivity index (χ2n) is 3.08. The first-order chi connectivity index (χ1) is 6.24. The van der Waals surface area contributed by atoms with E-state index in [1.165, 1.54) is 17.5 Å². The first-order valence-corrected chi connectivity index (χ1v) is 4.63. The highest BCUT2D eigenvalue weighted by Gasteiger charge is 1.97. The summed E-state index contributed by atoms with van der Waals surface area (Å²) in [5.74, 6) is 0. The fraction of sp³-hybridized carbons (Fsp3) is 0.750. The maximum atomic E-state index is 11.0. The van der Waals surface area contributed by atoms with Crippen molar-refractivity contribution in [3.8, 4) is 0 Å². The lowest BCUT2D eigenvalue weighted by molar-refractivity contribution is 0.526. The average molecular weight is 185 g/mol. The van der Waals surface area contributed by atoms with Crippen molar-refractivity contribution in [2.75, 3.05) is 0 Å². The van der Waals surface area contributed by atoms with E-state index in [-0.39, 0.29) is 5.69 Å². The molecule has 0 fully saturated rings. The molecular weight excluding hydrogens is 170 g/mol. The number of aromatic nitrogens is 3. The first-order valence-electron chi connectivity index (χ1n) is 4.63. The first kappa shape index (κ1) is 9.83. The SMILES string of the molecule is CCCCCCn1[nH]c(=O)[nH]c1=O. The van der Waals surface area contributed by atoms with Crippen LogP contribution in [0.15, 0.2) is 9.59 Å². The second-order valence-corrected chi connectivity index (χ2v) is 3.08. The number of hydrogen-bond donors (Lipinski definition) is 2. The molecule has 0 unspecified atom stereocenters. The number of hydrogen-bond acceptors (Lipinski definition) is 2. The second kappa shape index (κ2) is 4.69. The molecule has 0 saturated carbocycles. The van der Waals surface area contributed by atoms with E-state index < -0.39 is 5.69 Å². The number of nitrogens with one attached hydrogen (secondary N) is 2. The Hall–Kier alpha value is -1.26. The molecule has 1 aromatic heterocycles. The average Bonchev–Trinajstić information content (AvgIpc) is 2.39. The van der Waals surface area contributed by atoms with Crippen LogP contribution in [0.4, 0.5) is 0 Å². The van der Waals surface area contributed by atoms with Gasteiger partial charge < -0.3 is 0 Å². The minimum atomic E-state index is -0.430. The third-order valence-corrected chi connectivity index (χ3v) is 1.94. The normalized spacial score (nSPS) is 10.5. The number of aryl methyl sites for hydroxylation is 1. The third-order valence-electron chi connectivity index (χ3n) is 1.94. The smallest absolute Gasteiger partial charge is 0.257 e. The molecule has 74 valence electrons. The lowest BCUT2D eigenvalue weighted by Crippen LogP contribution is -2.18. The van der Waals surface area contributed by atoms with Gasteiger partial charge in [0.2, 0.25) is 0 Å². The lowest BCUT2D eigenvalue weighted by Gasteiger charge is -1.98. The predicted molar refractivity (Wildman–Crippen MR) is 49.8 cm³/mol. The molecule has 0 bridgehead atoms. The van der Waals surface area contributed by atoms with Crippen LogP contribution in [0.3, 0.4) is 0 Å². The van der Waals surface area contributed by atoms with E-state index in [4.69, 9.17) is 0 Å². The molecule has 0 aliphatic rings. The van der Waals surface area contributed by atoms with Gasteiger partial charge in [-0.3, -0.25) is 4.98 Å². The van der Waals surface area contributed by atoms with Gasteiger partial charge in [-0.1, -0.05) is 26.2 Å². The van der Waals surface area contributed by atoms with Gasteiger partial charge in [-0.2, -0.15) is 0 Å². The van der Waals surface area contributed by atoms with E-state index in [1.807, 2.05) is 0 Å². The number of H-pyrrole nitrogens is 2. The number of unbranched alkanes of at least 4 members (excludes halogenated alkanes) is 3. The van der Waals surface area contributed by atoms with E-state index in [0.717, 1.165) is 12.8 Å². The Morgan fingerprint density at radius 1 is 1.23 bits per heavy atom. The zero-order valence-corrected chi connectivity index (χ0v) is 7.80. The van der Waals surface area contributed by atoms with Crippen molar-refractivity contribution in [3.05, 3.63) is 21.0 Å². The van der Waals surface area contributed by atoms with Gasteiger partial charge in [0.15, 0.2) is 0 Å². The van der Waals surface area contributed by atoms with E-state index >= 15 is 0 Å². The van der Waals surface area contributed by atoms with Crippen LogP contribution in [-0.4, -0.2) is 14.8 Å². The lowest BCUT2D eigenvalue weighted by atomic mass is 10.2. The van der Waals surface area contributed by atoms with Crippen molar-refractivity contribution in [2.45, 2.75) is 39.2 Å². The summed E-state index contributed by atoms with van der Waals surface area (Å²) in [7, 11) is 0. The zero-order valence-electron chi connectivity index (χ0n) is 7.80. The summed E-state index contributed by atoms with van der Waals surface area (Å²) in [5, 5.41) is 2.41. The third kappa shape index (κ3) is 2.93. The van der Waals surface area contributed by atoms with Crippen molar-refractivity contribution in [3.63, 3.8) is 0 Å². The van der Waals surface area contributed by atoms with Crippen LogP contribution in [0.25, 0.3) is 0 Å². The Bertz CT molecular complexity index is 347. The summed E-state index contributed by atoms with van der Waals surface area (Å²) < 4.78 is 1.32. The monoisotopic (exact) mass is 185 g/mol. The van der Waals surface area contributed by atoms with Crippen molar-refractivity contribution in [1.29, 1.82) is 0 Å². The molecule has 1 rings (SSSR count). The van der Waals surface area contributed by atoms with Crippen LogP contribution < -0.4 is 11.4 Å². The molecule has 5 nitrogen and oxygen atoms in total. The molecule has 2 N–H and O–H groups in total. The number of nitrogens with zero attached hydrogens (tertiary/aromatic N) is 1. The predicted octanol–water partition coefficient (Wildman–Crippen LogP) is 0.445. The van der Waals surface area contributed by atoms with Crippen molar-refractivity contribution in [2.24, 2.45) is 0 Å². The highest BCUT2D eigenvalue weighted by Crippen LogP contribution is 1.98. The highest BCUT2D eigenvalue weighted by atomic mass is 16.2. The highest BCUT2D eigenvalue weighted by molar-refractivity contribution is 4.61.